The predicted molar refractivity (Wildman–Crippen MR) is 96.1 cm³/mol. The second-order valence-corrected chi connectivity index (χ2v) is 6.86. The van der Waals surface area contributed by atoms with Gasteiger partial charge in [-0.1, -0.05) is 73.1 Å². The molecule has 3 nitrogen and oxygen atoms in total. The summed E-state index contributed by atoms with van der Waals surface area (Å²) in [6.07, 6.45) is 0. The predicted octanol–water partition coefficient (Wildman–Crippen LogP) is 5.49. The highest BCUT2D eigenvalue weighted by molar-refractivity contribution is 6.30. The van der Waals surface area contributed by atoms with E-state index in [0.29, 0.717) is 13.2 Å². The van der Waals surface area contributed by atoms with E-state index >= 15 is 0 Å². The fourth-order valence-corrected chi connectivity index (χ4v) is 2.64. The molecule has 0 fully saturated rings. The van der Waals surface area contributed by atoms with Crippen molar-refractivity contribution in [3.8, 4) is 11.3 Å². The number of aromatic nitrogens is 1. The summed E-state index contributed by atoms with van der Waals surface area (Å²) in [4.78, 5) is 0. The van der Waals surface area contributed by atoms with Crippen LogP contribution in [0.15, 0.2) is 65.2 Å². The first-order valence-electron chi connectivity index (χ1n) is 7.89. The molecule has 0 spiro atoms. The zero-order chi connectivity index (χ0) is 17.0. The van der Waals surface area contributed by atoms with Crippen molar-refractivity contribution in [2.75, 3.05) is 6.61 Å². The number of hydrogen-bond acceptors (Lipinski definition) is 3. The first-order chi connectivity index (χ1) is 11.5. The molecule has 24 heavy (non-hydrogen) atoms. The molecule has 1 aromatic heterocycles. The third kappa shape index (κ3) is 4.05. The zero-order valence-electron chi connectivity index (χ0n) is 13.8. The van der Waals surface area contributed by atoms with Crippen molar-refractivity contribution >= 4 is 11.6 Å². The molecule has 2 aromatic carbocycles. The lowest BCUT2D eigenvalue weighted by Gasteiger charge is -2.24. The summed E-state index contributed by atoms with van der Waals surface area (Å²) >= 11 is 5.95. The van der Waals surface area contributed by atoms with E-state index in [1.54, 1.807) is 0 Å². The van der Waals surface area contributed by atoms with E-state index in [4.69, 9.17) is 20.9 Å². The zero-order valence-corrected chi connectivity index (χ0v) is 14.6. The Labute approximate surface area is 147 Å². The summed E-state index contributed by atoms with van der Waals surface area (Å²) < 4.78 is 11.2. The SMILES string of the molecule is CC(C)(COCc1cc(-c2ccccc2)no1)c1ccc(Cl)cc1. The molecule has 0 bridgehead atoms. The van der Waals surface area contributed by atoms with Crippen LogP contribution in [-0.4, -0.2) is 11.8 Å². The second kappa shape index (κ2) is 7.20. The summed E-state index contributed by atoms with van der Waals surface area (Å²) in [5, 5.41) is 4.84. The maximum absolute atomic E-state index is 5.95. The molecule has 0 amide bonds. The summed E-state index contributed by atoms with van der Waals surface area (Å²) in [6, 6.07) is 19.8. The lowest BCUT2D eigenvalue weighted by atomic mass is 9.86. The van der Waals surface area contributed by atoms with Crippen LogP contribution in [0.2, 0.25) is 5.02 Å². The molecule has 3 rings (SSSR count). The van der Waals surface area contributed by atoms with Gasteiger partial charge in [-0.05, 0) is 17.7 Å². The van der Waals surface area contributed by atoms with Gasteiger partial charge in [-0.25, -0.2) is 0 Å². The van der Waals surface area contributed by atoms with Gasteiger partial charge in [0.15, 0.2) is 5.76 Å². The Hall–Kier alpha value is -2.10. The highest BCUT2D eigenvalue weighted by atomic mass is 35.5. The molecular weight excluding hydrogens is 322 g/mol. The lowest BCUT2D eigenvalue weighted by molar-refractivity contribution is 0.0678. The van der Waals surface area contributed by atoms with Crippen LogP contribution in [0.25, 0.3) is 11.3 Å². The van der Waals surface area contributed by atoms with Gasteiger partial charge >= 0.3 is 0 Å². The fraction of sp³-hybridized carbons (Fsp3) is 0.250. The minimum absolute atomic E-state index is 0.104. The molecule has 0 aliphatic rings. The third-order valence-electron chi connectivity index (χ3n) is 3.96. The molecule has 0 aliphatic heterocycles. The highest BCUT2D eigenvalue weighted by Gasteiger charge is 2.21. The molecule has 3 aromatic rings. The Morgan fingerprint density at radius 3 is 2.46 bits per heavy atom. The van der Waals surface area contributed by atoms with Crippen molar-refractivity contribution in [2.45, 2.75) is 25.9 Å². The normalized spacial score (nSPS) is 11.6. The fourth-order valence-electron chi connectivity index (χ4n) is 2.52. The van der Waals surface area contributed by atoms with Crippen molar-refractivity contribution in [3.63, 3.8) is 0 Å². The number of halogens is 1. The lowest BCUT2D eigenvalue weighted by Crippen LogP contribution is -2.24. The molecule has 4 heteroatoms. The summed E-state index contributed by atoms with van der Waals surface area (Å²) in [5.74, 6) is 0.723. The molecule has 0 saturated carbocycles. The van der Waals surface area contributed by atoms with Crippen LogP contribution in [0.4, 0.5) is 0 Å². The maximum Gasteiger partial charge on any atom is 0.163 e. The number of ether oxygens (including phenoxy) is 1. The molecule has 1 heterocycles. The number of hydrogen-bond donors (Lipinski definition) is 0. The smallest absolute Gasteiger partial charge is 0.163 e. The molecule has 0 saturated heterocycles. The molecule has 0 radical (unpaired) electrons. The van der Waals surface area contributed by atoms with Crippen LogP contribution >= 0.6 is 11.6 Å². The van der Waals surface area contributed by atoms with E-state index < -0.39 is 0 Å². The van der Waals surface area contributed by atoms with Crippen molar-refractivity contribution < 1.29 is 9.26 Å². The van der Waals surface area contributed by atoms with Crippen molar-refractivity contribution in [1.29, 1.82) is 0 Å². The maximum atomic E-state index is 5.95. The van der Waals surface area contributed by atoms with E-state index in [1.807, 2.05) is 60.7 Å². The van der Waals surface area contributed by atoms with Crippen LogP contribution in [0.5, 0.6) is 0 Å². The van der Waals surface area contributed by atoms with E-state index in [1.165, 1.54) is 5.56 Å². The molecule has 0 unspecified atom stereocenters. The van der Waals surface area contributed by atoms with Gasteiger partial charge in [0.1, 0.15) is 12.3 Å². The first kappa shape index (κ1) is 16.7. The molecule has 0 N–H and O–H groups in total. The Balaban J connectivity index is 1.58. The van der Waals surface area contributed by atoms with Gasteiger partial charge in [0, 0.05) is 22.1 Å². The minimum atomic E-state index is -0.104. The van der Waals surface area contributed by atoms with Gasteiger partial charge in [0.25, 0.3) is 0 Å². The quantitative estimate of drug-likeness (QED) is 0.594. The number of nitrogens with zero attached hydrogens (tertiary/aromatic N) is 1. The Kier molecular flexibility index (Phi) is 5.03. The molecular formula is C20H20ClNO2. The Bertz CT molecular complexity index is 779. The van der Waals surface area contributed by atoms with E-state index in [2.05, 4.69) is 19.0 Å². The summed E-state index contributed by atoms with van der Waals surface area (Å²) in [7, 11) is 0. The largest absolute Gasteiger partial charge is 0.372 e. The van der Waals surface area contributed by atoms with Crippen LogP contribution in [0.1, 0.15) is 25.2 Å². The minimum Gasteiger partial charge on any atom is -0.372 e. The molecule has 124 valence electrons. The standard InChI is InChI=1S/C20H20ClNO2/c1-20(2,16-8-10-17(21)11-9-16)14-23-13-18-12-19(22-24-18)15-6-4-3-5-7-15/h3-12H,13-14H2,1-2H3. The van der Waals surface area contributed by atoms with Crippen LogP contribution < -0.4 is 0 Å². The summed E-state index contributed by atoms with van der Waals surface area (Å²) in [5.41, 5.74) is 2.95. The van der Waals surface area contributed by atoms with Gasteiger partial charge in [-0.2, -0.15) is 0 Å². The van der Waals surface area contributed by atoms with Gasteiger partial charge < -0.3 is 9.26 Å². The molecule has 0 atom stereocenters. The van der Waals surface area contributed by atoms with Gasteiger partial charge in [-0.3, -0.25) is 0 Å². The Morgan fingerprint density at radius 2 is 1.75 bits per heavy atom. The highest BCUT2D eigenvalue weighted by Crippen LogP contribution is 2.26. The average molecular weight is 342 g/mol. The van der Waals surface area contributed by atoms with Crippen molar-refractivity contribution in [2.24, 2.45) is 0 Å². The average Bonchev–Trinajstić information content (AvgIpc) is 3.05. The summed E-state index contributed by atoms with van der Waals surface area (Å²) in [6.45, 7) is 5.27. The topological polar surface area (TPSA) is 35.3 Å². The van der Waals surface area contributed by atoms with Gasteiger partial charge in [0.2, 0.25) is 0 Å². The van der Waals surface area contributed by atoms with Gasteiger partial charge in [0.05, 0.1) is 6.61 Å². The van der Waals surface area contributed by atoms with E-state index in [9.17, 15) is 0 Å². The van der Waals surface area contributed by atoms with Crippen LogP contribution in [0.3, 0.4) is 0 Å². The number of benzene rings is 2. The second-order valence-electron chi connectivity index (χ2n) is 6.43. The van der Waals surface area contributed by atoms with Crippen LogP contribution in [-0.2, 0) is 16.8 Å². The Morgan fingerprint density at radius 1 is 1.04 bits per heavy atom. The molecule has 0 aliphatic carbocycles. The number of rotatable bonds is 6. The van der Waals surface area contributed by atoms with E-state index in [0.717, 1.165) is 22.0 Å². The van der Waals surface area contributed by atoms with Gasteiger partial charge in [-0.15, -0.1) is 0 Å². The third-order valence-corrected chi connectivity index (χ3v) is 4.21. The first-order valence-corrected chi connectivity index (χ1v) is 8.27. The van der Waals surface area contributed by atoms with Crippen molar-refractivity contribution in [3.05, 3.63) is 77.0 Å². The monoisotopic (exact) mass is 341 g/mol. The van der Waals surface area contributed by atoms with Crippen molar-refractivity contribution in [1.82, 2.24) is 5.16 Å². The van der Waals surface area contributed by atoms with E-state index in [-0.39, 0.29) is 5.41 Å². The van der Waals surface area contributed by atoms with Crippen LogP contribution in [0, 0.1) is 0 Å².